The molecular formula is C17H26O. The van der Waals surface area contributed by atoms with Gasteiger partial charge in [0, 0.05) is 12.3 Å². The number of ketones is 1. The SMILES string of the molecule is Cc1cc(C)c(C)c(CCCC(=O)C(C)C)c1C. The molecule has 18 heavy (non-hydrogen) atoms. The molecule has 0 saturated carbocycles. The van der Waals surface area contributed by atoms with Crippen LogP contribution in [0.2, 0.25) is 0 Å². The summed E-state index contributed by atoms with van der Waals surface area (Å²) in [6.45, 7) is 12.7. The number of benzene rings is 1. The Hall–Kier alpha value is -1.11. The predicted molar refractivity (Wildman–Crippen MR) is 78.2 cm³/mol. The Morgan fingerprint density at radius 1 is 1.06 bits per heavy atom. The van der Waals surface area contributed by atoms with Gasteiger partial charge in [-0.2, -0.15) is 0 Å². The zero-order valence-corrected chi connectivity index (χ0v) is 12.7. The molecule has 0 amide bonds. The molecule has 0 saturated heterocycles. The van der Waals surface area contributed by atoms with Crippen LogP contribution in [0.1, 0.15) is 54.5 Å². The molecule has 0 radical (unpaired) electrons. The first-order valence-corrected chi connectivity index (χ1v) is 6.93. The first kappa shape index (κ1) is 14.9. The van der Waals surface area contributed by atoms with E-state index in [1.54, 1.807) is 0 Å². The monoisotopic (exact) mass is 246 g/mol. The van der Waals surface area contributed by atoms with E-state index in [9.17, 15) is 4.79 Å². The van der Waals surface area contributed by atoms with Crippen molar-refractivity contribution in [3.05, 3.63) is 33.9 Å². The van der Waals surface area contributed by atoms with Crippen LogP contribution in [0.15, 0.2) is 6.07 Å². The standard InChI is InChI=1S/C17H26O/c1-11(2)17(18)9-7-8-16-14(5)12(3)10-13(4)15(16)6/h10-11H,7-9H2,1-6H3. The van der Waals surface area contributed by atoms with Crippen molar-refractivity contribution in [1.82, 2.24) is 0 Å². The van der Waals surface area contributed by atoms with Gasteiger partial charge in [-0.15, -0.1) is 0 Å². The summed E-state index contributed by atoms with van der Waals surface area (Å²) in [7, 11) is 0. The van der Waals surface area contributed by atoms with Crippen LogP contribution in [0.4, 0.5) is 0 Å². The Morgan fingerprint density at radius 2 is 1.56 bits per heavy atom. The molecule has 0 aromatic heterocycles. The van der Waals surface area contributed by atoms with Gasteiger partial charge < -0.3 is 0 Å². The van der Waals surface area contributed by atoms with Crippen LogP contribution in [0.3, 0.4) is 0 Å². The van der Waals surface area contributed by atoms with E-state index in [4.69, 9.17) is 0 Å². The molecule has 0 N–H and O–H groups in total. The maximum absolute atomic E-state index is 11.6. The van der Waals surface area contributed by atoms with Crippen molar-refractivity contribution in [3.8, 4) is 0 Å². The summed E-state index contributed by atoms with van der Waals surface area (Å²) in [5.74, 6) is 0.557. The second kappa shape index (κ2) is 6.17. The lowest BCUT2D eigenvalue weighted by Gasteiger charge is -2.15. The molecule has 0 fully saturated rings. The molecule has 100 valence electrons. The van der Waals surface area contributed by atoms with Crippen molar-refractivity contribution in [2.75, 3.05) is 0 Å². The largest absolute Gasteiger partial charge is 0.299 e. The maximum atomic E-state index is 11.6. The number of Topliss-reactive ketones (excluding diaryl/α,β-unsaturated/α-hetero) is 1. The Bertz CT molecular complexity index is 415. The molecule has 0 atom stereocenters. The fraction of sp³-hybridized carbons (Fsp3) is 0.588. The van der Waals surface area contributed by atoms with Gasteiger partial charge in [0.15, 0.2) is 0 Å². The number of rotatable bonds is 5. The second-order valence-electron chi connectivity index (χ2n) is 5.71. The highest BCUT2D eigenvalue weighted by molar-refractivity contribution is 5.80. The zero-order valence-electron chi connectivity index (χ0n) is 12.7. The maximum Gasteiger partial charge on any atom is 0.135 e. The van der Waals surface area contributed by atoms with Gasteiger partial charge in [-0.25, -0.2) is 0 Å². The smallest absolute Gasteiger partial charge is 0.135 e. The lowest BCUT2D eigenvalue weighted by molar-refractivity contribution is -0.121. The van der Waals surface area contributed by atoms with Crippen LogP contribution < -0.4 is 0 Å². The van der Waals surface area contributed by atoms with Gasteiger partial charge in [-0.1, -0.05) is 19.9 Å². The number of hydrogen-bond donors (Lipinski definition) is 0. The quantitative estimate of drug-likeness (QED) is 0.749. The van der Waals surface area contributed by atoms with Crippen LogP contribution in [-0.4, -0.2) is 5.78 Å². The third-order valence-corrected chi connectivity index (χ3v) is 4.02. The number of aryl methyl sites for hydroxylation is 2. The number of hydrogen-bond acceptors (Lipinski definition) is 1. The van der Waals surface area contributed by atoms with E-state index in [1.807, 2.05) is 13.8 Å². The van der Waals surface area contributed by atoms with E-state index >= 15 is 0 Å². The molecule has 1 nitrogen and oxygen atoms in total. The third-order valence-electron chi connectivity index (χ3n) is 4.02. The van der Waals surface area contributed by atoms with Crippen LogP contribution in [-0.2, 0) is 11.2 Å². The average Bonchev–Trinajstić information content (AvgIpc) is 2.30. The van der Waals surface area contributed by atoms with Gasteiger partial charge in [0.1, 0.15) is 5.78 Å². The van der Waals surface area contributed by atoms with E-state index in [2.05, 4.69) is 33.8 Å². The molecule has 0 spiro atoms. The highest BCUT2D eigenvalue weighted by Gasteiger charge is 2.10. The minimum Gasteiger partial charge on any atom is -0.299 e. The normalized spacial score (nSPS) is 11.1. The zero-order chi connectivity index (χ0) is 13.9. The van der Waals surface area contributed by atoms with Crippen LogP contribution in [0, 0.1) is 33.6 Å². The van der Waals surface area contributed by atoms with Crippen LogP contribution in [0.25, 0.3) is 0 Å². The topological polar surface area (TPSA) is 17.1 Å². The summed E-state index contributed by atoms with van der Waals surface area (Å²) in [5, 5.41) is 0. The first-order chi connectivity index (χ1) is 8.34. The average molecular weight is 246 g/mol. The lowest BCUT2D eigenvalue weighted by Crippen LogP contribution is -2.08. The Kier molecular flexibility index (Phi) is 5.13. The van der Waals surface area contributed by atoms with E-state index in [1.165, 1.54) is 27.8 Å². The minimum absolute atomic E-state index is 0.173. The molecule has 0 aliphatic rings. The van der Waals surface area contributed by atoms with Crippen LogP contribution >= 0.6 is 0 Å². The molecule has 0 unspecified atom stereocenters. The summed E-state index contributed by atoms with van der Waals surface area (Å²) >= 11 is 0. The van der Waals surface area contributed by atoms with Gasteiger partial charge >= 0.3 is 0 Å². The van der Waals surface area contributed by atoms with Crippen molar-refractivity contribution in [3.63, 3.8) is 0 Å². The third kappa shape index (κ3) is 3.44. The van der Waals surface area contributed by atoms with Gasteiger partial charge in [-0.3, -0.25) is 4.79 Å². The van der Waals surface area contributed by atoms with Gasteiger partial charge in [0.25, 0.3) is 0 Å². The molecule has 1 aromatic rings. The molecule has 1 aromatic carbocycles. The Balaban J connectivity index is 2.76. The van der Waals surface area contributed by atoms with Gasteiger partial charge in [0.05, 0.1) is 0 Å². The molecule has 1 heteroatoms. The molecule has 0 heterocycles. The fourth-order valence-electron chi connectivity index (χ4n) is 2.40. The first-order valence-electron chi connectivity index (χ1n) is 6.93. The highest BCUT2D eigenvalue weighted by Crippen LogP contribution is 2.23. The van der Waals surface area contributed by atoms with Crippen molar-refractivity contribution in [2.45, 2.75) is 60.8 Å². The van der Waals surface area contributed by atoms with Gasteiger partial charge in [-0.05, 0) is 68.4 Å². The molecule has 0 bridgehead atoms. The van der Waals surface area contributed by atoms with E-state index in [0.717, 1.165) is 12.8 Å². The summed E-state index contributed by atoms with van der Waals surface area (Å²) < 4.78 is 0. The van der Waals surface area contributed by atoms with E-state index < -0.39 is 0 Å². The Morgan fingerprint density at radius 3 is 2.00 bits per heavy atom. The van der Waals surface area contributed by atoms with E-state index in [-0.39, 0.29) is 5.92 Å². The predicted octanol–water partition coefficient (Wildman–Crippen LogP) is 4.47. The van der Waals surface area contributed by atoms with Crippen molar-refractivity contribution in [2.24, 2.45) is 5.92 Å². The summed E-state index contributed by atoms with van der Waals surface area (Å²) in [4.78, 5) is 11.6. The lowest BCUT2D eigenvalue weighted by atomic mass is 9.90. The number of carbonyl (C=O) groups excluding carboxylic acids is 1. The molecular weight excluding hydrogens is 220 g/mol. The minimum atomic E-state index is 0.173. The van der Waals surface area contributed by atoms with Crippen molar-refractivity contribution >= 4 is 5.78 Å². The molecule has 1 rings (SSSR count). The Labute approximate surface area is 112 Å². The molecule has 0 aliphatic carbocycles. The summed E-state index contributed by atoms with van der Waals surface area (Å²) in [5.41, 5.74) is 6.97. The molecule has 0 aliphatic heterocycles. The number of carbonyl (C=O) groups is 1. The summed E-state index contributed by atoms with van der Waals surface area (Å²) in [6, 6.07) is 2.26. The van der Waals surface area contributed by atoms with Crippen molar-refractivity contribution < 1.29 is 4.79 Å². The van der Waals surface area contributed by atoms with Gasteiger partial charge in [0.2, 0.25) is 0 Å². The van der Waals surface area contributed by atoms with Crippen LogP contribution in [0.5, 0.6) is 0 Å². The fourth-order valence-corrected chi connectivity index (χ4v) is 2.40. The summed E-state index contributed by atoms with van der Waals surface area (Å²) in [6.07, 6.45) is 2.71. The van der Waals surface area contributed by atoms with E-state index in [0.29, 0.717) is 12.2 Å². The highest BCUT2D eigenvalue weighted by atomic mass is 16.1. The van der Waals surface area contributed by atoms with Crippen molar-refractivity contribution in [1.29, 1.82) is 0 Å². The second-order valence-corrected chi connectivity index (χ2v) is 5.71.